The van der Waals surface area contributed by atoms with Crippen LogP contribution in [0.5, 0.6) is 0 Å². The molecule has 0 fully saturated rings. The Morgan fingerprint density at radius 3 is 3.08 bits per heavy atom. The fourth-order valence-electron chi connectivity index (χ4n) is 0.748. The van der Waals surface area contributed by atoms with Crippen molar-refractivity contribution >= 4 is 27.7 Å². The van der Waals surface area contributed by atoms with Crippen LogP contribution in [0, 0.1) is 0 Å². The van der Waals surface area contributed by atoms with Gasteiger partial charge in [-0.1, -0.05) is 6.92 Å². The Morgan fingerprint density at radius 2 is 2.42 bits per heavy atom. The van der Waals surface area contributed by atoms with Crippen LogP contribution in [0.15, 0.2) is 10.7 Å². The van der Waals surface area contributed by atoms with Gasteiger partial charge < -0.3 is 11.1 Å². The molecule has 0 atom stereocenters. The number of halogens is 1. The number of nitrogens with one attached hydrogen (secondary N) is 1. The maximum atomic E-state index is 5.42. The summed E-state index contributed by atoms with van der Waals surface area (Å²) in [5.74, 6) is 1.04. The van der Waals surface area contributed by atoms with Crippen molar-refractivity contribution in [3.8, 4) is 0 Å². The number of anilines is 2. The van der Waals surface area contributed by atoms with Gasteiger partial charge in [-0.05, 0) is 22.4 Å². The van der Waals surface area contributed by atoms with Crippen molar-refractivity contribution < 1.29 is 0 Å². The van der Waals surface area contributed by atoms with Crippen LogP contribution in [0.3, 0.4) is 0 Å². The zero-order chi connectivity index (χ0) is 8.97. The van der Waals surface area contributed by atoms with Crippen molar-refractivity contribution in [1.82, 2.24) is 9.97 Å². The van der Waals surface area contributed by atoms with Gasteiger partial charge in [0, 0.05) is 12.7 Å². The van der Waals surface area contributed by atoms with E-state index < -0.39 is 0 Å². The van der Waals surface area contributed by atoms with Gasteiger partial charge >= 0.3 is 0 Å². The maximum Gasteiger partial charge on any atom is 0.221 e. The second-order valence-electron chi connectivity index (χ2n) is 2.35. The molecule has 4 nitrogen and oxygen atoms in total. The molecule has 5 heteroatoms. The summed E-state index contributed by atoms with van der Waals surface area (Å²) in [5, 5.41) is 3.13. The topological polar surface area (TPSA) is 63.8 Å². The Bertz CT molecular complexity index is 264. The number of nitrogen functional groups attached to an aromatic ring is 1. The van der Waals surface area contributed by atoms with Crippen LogP contribution in [0.2, 0.25) is 0 Å². The van der Waals surface area contributed by atoms with Gasteiger partial charge in [-0.3, -0.25) is 0 Å². The molecule has 0 saturated heterocycles. The van der Waals surface area contributed by atoms with Gasteiger partial charge in [-0.2, -0.15) is 4.98 Å². The summed E-state index contributed by atoms with van der Waals surface area (Å²) < 4.78 is 0.838. The molecule has 12 heavy (non-hydrogen) atoms. The van der Waals surface area contributed by atoms with Crippen LogP contribution < -0.4 is 11.1 Å². The van der Waals surface area contributed by atoms with E-state index in [0.717, 1.165) is 23.3 Å². The second-order valence-corrected chi connectivity index (χ2v) is 3.21. The molecule has 0 aliphatic carbocycles. The van der Waals surface area contributed by atoms with Crippen LogP contribution in [0.25, 0.3) is 0 Å². The number of nitrogens with two attached hydrogens (primary N) is 1. The first-order valence-corrected chi connectivity index (χ1v) is 4.55. The van der Waals surface area contributed by atoms with Crippen molar-refractivity contribution in [1.29, 1.82) is 0 Å². The minimum atomic E-state index is 0.289. The summed E-state index contributed by atoms with van der Waals surface area (Å²) in [6.45, 7) is 2.97. The molecule has 0 spiro atoms. The normalized spacial score (nSPS) is 9.83. The van der Waals surface area contributed by atoms with Crippen LogP contribution in [0.1, 0.15) is 13.3 Å². The Labute approximate surface area is 79.7 Å². The van der Waals surface area contributed by atoms with Crippen LogP contribution in [-0.2, 0) is 0 Å². The highest BCUT2D eigenvalue weighted by Gasteiger charge is 2.00. The monoisotopic (exact) mass is 230 g/mol. The van der Waals surface area contributed by atoms with Crippen molar-refractivity contribution in [3.63, 3.8) is 0 Å². The lowest BCUT2D eigenvalue weighted by molar-refractivity contribution is 0.964. The molecule has 0 amide bonds. The van der Waals surface area contributed by atoms with E-state index in [9.17, 15) is 0 Å². The lowest BCUT2D eigenvalue weighted by Crippen LogP contribution is -2.05. The Kier molecular flexibility index (Phi) is 3.28. The SMILES string of the molecule is CCCNc1nc(N)ncc1Br. The highest BCUT2D eigenvalue weighted by Crippen LogP contribution is 2.18. The molecule has 0 unspecified atom stereocenters. The summed E-state index contributed by atoms with van der Waals surface area (Å²) in [6, 6.07) is 0. The average molecular weight is 231 g/mol. The molecular formula is C7H11BrN4. The molecule has 0 aliphatic heterocycles. The molecule has 1 aromatic rings. The Balaban J connectivity index is 2.75. The van der Waals surface area contributed by atoms with Gasteiger partial charge in [0.25, 0.3) is 0 Å². The molecule has 0 bridgehead atoms. The lowest BCUT2D eigenvalue weighted by atomic mass is 10.4. The predicted molar refractivity (Wildman–Crippen MR) is 52.9 cm³/mol. The first-order chi connectivity index (χ1) is 5.74. The molecule has 1 rings (SSSR count). The zero-order valence-electron chi connectivity index (χ0n) is 6.84. The van der Waals surface area contributed by atoms with E-state index in [2.05, 4.69) is 38.1 Å². The number of hydrogen-bond acceptors (Lipinski definition) is 4. The summed E-state index contributed by atoms with van der Waals surface area (Å²) in [5.41, 5.74) is 5.42. The third-order valence-corrected chi connectivity index (χ3v) is 1.89. The van der Waals surface area contributed by atoms with Crippen molar-refractivity contribution in [2.75, 3.05) is 17.6 Å². The smallest absolute Gasteiger partial charge is 0.221 e. The van der Waals surface area contributed by atoms with Gasteiger partial charge in [-0.25, -0.2) is 4.98 Å². The molecular weight excluding hydrogens is 220 g/mol. The number of aromatic nitrogens is 2. The minimum Gasteiger partial charge on any atom is -0.369 e. The third-order valence-electron chi connectivity index (χ3n) is 1.31. The van der Waals surface area contributed by atoms with Gasteiger partial charge in [0.2, 0.25) is 5.95 Å². The van der Waals surface area contributed by atoms with E-state index in [1.165, 1.54) is 0 Å². The van der Waals surface area contributed by atoms with Gasteiger partial charge in [0.1, 0.15) is 5.82 Å². The summed E-state index contributed by atoms with van der Waals surface area (Å²) in [4.78, 5) is 7.85. The van der Waals surface area contributed by atoms with Crippen LogP contribution in [0.4, 0.5) is 11.8 Å². The van der Waals surface area contributed by atoms with Crippen LogP contribution in [-0.4, -0.2) is 16.5 Å². The van der Waals surface area contributed by atoms with E-state index in [0.29, 0.717) is 0 Å². The van der Waals surface area contributed by atoms with Crippen molar-refractivity contribution in [2.45, 2.75) is 13.3 Å². The van der Waals surface area contributed by atoms with Crippen molar-refractivity contribution in [3.05, 3.63) is 10.7 Å². The maximum absolute atomic E-state index is 5.42. The number of rotatable bonds is 3. The van der Waals surface area contributed by atoms with E-state index in [-0.39, 0.29) is 5.95 Å². The molecule has 1 aromatic heterocycles. The Hall–Kier alpha value is -0.840. The summed E-state index contributed by atoms with van der Waals surface area (Å²) >= 11 is 3.32. The van der Waals surface area contributed by atoms with Crippen molar-refractivity contribution in [2.24, 2.45) is 0 Å². The first kappa shape index (κ1) is 9.25. The highest BCUT2D eigenvalue weighted by atomic mass is 79.9. The predicted octanol–water partition coefficient (Wildman–Crippen LogP) is 1.64. The summed E-state index contributed by atoms with van der Waals surface area (Å²) in [7, 11) is 0. The molecule has 0 aromatic carbocycles. The average Bonchev–Trinajstić information content (AvgIpc) is 2.07. The van der Waals surface area contributed by atoms with E-state index in [1.54, 1.807) is 6.20 Å². The summed E-state index contributed by atoms with van der Waals surface area (Å²) in [6.07, 6.45) is 2.69. The quantitative estimate of drug-likeness (QED) is 0.829. The zero-order valence-corrected chi connectivity index (χ0v) is 8.43. The highest BCUT2D eigenvalue weighted by molar-refractivity contribution is 9.10. The largest absolute Gasteiger partial charge is 0.369 e. The van der Waals surface area contributed by atoms with Gasteiger partial charge in [0.15, 0.2) is 0 Å². The molecule has 0 aliphatic rings. The van der Waals surface area contributed by atoms with Gasteiger partial charge in [-0.15, -0.1) is 0 Å². The molecule has 1 heterocycles. The van der Waals surface area contributed by atoms with Gasteiger partial charge in [0.05, 0.1) is 4.47 Å². The van der Waals surface area contributed by atoms with E-state index >= 15 is 0 Å². The second kappa shape index (κ2) is 4.25. The van der Waals surface area contributed by atoms with E-state index in [4.69, 9.17) is 5.73 Å². The number of nitrogens with zero attached hydrogens (tertiary/aromatic N) is 2. The van der Waals surface area contributed by atoms with E-state index in [1.807, 2.05) is 0 Å². The molecule has 0 saturated carbocycles. The lowest BCUT2D eigenvalue weighted by Gasteiger charge is -2.05. The molecule has 0 radical (unpaired) electrons. The fraction of sp³-hybridized carbons (Fsp3) is 0.429. The standard InChI is InChI=1S/C7H11BrN4/c1-2-3-10-6-5(8)4-11-7(9)12-6/h4H,2-3H2,1H3,(H3,9,10,11,12). The fourth-order valence-corrected chi connectivity index (χ4v) is 1.08. The Morgan fingerprint density at radius 1 is 1.67 bits per heavy atom. The van der Waals surface area contributed by atoms with Crippen LogP contribution >= 0.6 is 15.9 Å². The molecule has 3 N–H and O–H groups in total. The third kappa shape index (κ3) is 2.34. The first-order valence-electron chi connectivity index (χ1n) is 3.76. The number of hydrogen-bond donors (Lipinski definition) is 2. The molecule has 66 valence electrons. The minimum absolute atomic E-state index is 0.289.